The number of fused-ring (bicyclic) bond motifs is 3. The fourth-order valence-corrected chi connectivity index (χ4v) is 7.35. The van der Waals surface area contributed by atoms with Crippen LogP contribution in [0.15, 0.2) is 111 Å². The molecule has 1 aromatic heterocycles. The molecule has 0 saturated heterocycles. The first-order valence-corrected chi connectivity index (χ1v) is 16.5. The van der Waals surface area contributed by atoms with Crippen LogP contribution in [0.5, 0.6) is 11.5 Å². The Morgan fingerprint density at radius 3 is 2.59 bits per heavy atom. The average molecular weight is 684 g/mol. The quantitative estimate of drug-likeness (QED) is 0.177. The number of hydrogen-bond acceptors (Lipinski definition) is 5. The normalized spacial score (nSPS) is 15.7. The minimum absolute atomic E-state index is 0.0518. The van der Waals surface area contributed by atoms with E-state index in [2.05, 4.69) is 52.3 Å². The number of allylic oxidation sites excluding steroid dienone is 1. The summed E-state index contributed by atoms with van der Waals surface area (Å²) in [5.41, 5.74) is 7.39. The van der Waals surface area contributed by atoms with Crippen LogP contribution >= 0.6 is 38.9 Å². The van der Waals surface area contributed by atoms with Gasteiger partial charge in [-0.15, -0.1) is 0 Å². The molecule has 1 atom stereocenters. The monoisotopic (exact) mass is 682 g/mol. The number of nitrogens with zero attached hydrogens (tertiary/aromatic N) is 2. The van der Waals surface area contributed by atoms with Crippen LogP contribution in [-0.2, 0) is 13.0 Å². The van der Waals surface area contributed by atoms with Crippen molar-refractivity contribution < 1.29 is 9.47 Å². The molecule has 0 bridgehead atoms. The largest absolute Gasteiger partial charge is 0.490 e. The second-order valence-corrected chi connectivity index (χ2v) is 13.0. The highest BCUT2D eigenvalue weighted by Crippen LogP contribution is 2.41. The highest BCUT2D eigenvalue weighted by atomic mass is 79.9. The predicted octanol–water partition coefficient (Wildman–Crippen LogP) is 7.71. The molecule has 2 heterocycles. The van der Waals surface area contributed by atoms with E-state index < -0.39 is 0 Å². The van der Waals surface area contributed by atoms with Crippen LogP contribution in [0, 0.1) is 0 Å². The van der Waals surface area contributed by atoms with Gasteiger partial charge in [-0.3, -0.25) is 9.36 Å². The zero-order valence-electron chi connectivity index (χ0n) is 23.9. The lowest BCUT2D eigenvalue weighted by molar-refractivity contribution is 0.269. The van der Waals surface area contributed by atoms with Crippen molar-refractivity contribution >= 4 is 50.6 Å². The summed E-state index contributed by atoms with van der Waals surface area (Å²) in [5.74, 6) is 1.23. The minimum Gasteiger partial charge on any atom is -0.490 e. The van der Waals surface area contributed by atoms with Crippen LogP contribution in [0.3, 0.4) is 0 Å². The maximum Gasteiger partial charge on any atom is 0.271 e. The Morgan fingerprint density at radius 1 is 0.977 bits per heavy atom. The number of benzene rings is 4. The van der Waals surface area contributed by atoms with Crippen LogP contribution in [0.1, 0.15) is 47.2 Å². The van der Waals surface area contributed by atoms with E-state index in [9.17, 15) is 4.79 Å². The van der Waals surface area contributed by atoms with Crippen molar-refractivity contribution in [2.24, 2.45) is 4.99 Å². The fourth-order valence-electron chi connectivity index (χ4n) is 5.89. The van der Waals surface area contributed by atoms with Gasteiger partial charge in [-0.05, 0) is 78.4 Å². The summed E-state index contributed by atoms with van der Waals surface area (Å²) in [4.78, 5) is 20.0. The minimum atomic E-state index is -0.218. The van der Waals surface area contributed by atoms with E-state index in [0.29, 0.717) is 39.1 Å². The van der Waals surface area contributed by atoms with Gasteiger partial charge in [0.25, 0.3) is 5.56 Å². The first-order valence-electron chi connectivity index (χ1n) is 14.5. The molecule has 0 fully saturated rings. The highest BCUT2D eigenvalue weighted by molar-refractivity contribution is 9.10. The molecule has 5 nitrogen and oxygen atoms in total. The molecule has 1 aliphatic carbocycles. The van der Waals surface area contributed by atoms with Gasteiger partial charge in [0.15, 0.2) is 16.3 Å². The molecule has 7 rings (SSSR count). The predicted molar refractivity (Wildman–Crippen MR) is 180 cm³/mol. The van der Waals surface area contributed by atoms with Crippen LogP contribution < -0.4 is 24.4 Å². The lowest BCUT2D eigenvalue weighted by Gasteiger charge is -2.30. The van der Waals surface area contributed by atoms with Gasteiger partial charge in [0.05, 0.1) is 22.9 Å². The number of hydrogen-bond donors (Lipinski definition) is 0. The smallest absolute Gasteiger partial charge is 0.271 e. The molecular formula is C36H28BrClN2O3S. The molecule has 0 spiro atoms. The molecule has 0 unspecified atom stereocenters. The van der Waals surface area contributed by atoms with Gasteiger partial charge in [-0.2, -0.15) is 0 Å². The number of thiazole rings is 1. The zero-order valence-corrected chi connectivity index (χ0v) is 27.1. The topological polar surface area (TPSA) is 52.8 Å². The standard InChI is InChI=1S/C36H28BrClN2O3S/c1-2-42-31-19-22(11-18-30(31)43-21-25-8-4-6-10-29(25)38)20-32-35(41)40-34(24-12-15-26(37)16-13-24)28-17-14-23-7-3-5-9-27(23)33(28)39-36(40)44-32/h3-13,15-16,18-20,34H,2,14,17,21H2,1H3/b32-20+/t34-/m0/s1. The molecular weight excluding hydrogens is 656 g/mol. The first-order chi connectivity index (χ1) is 21.5. The zero-order chi connectivity index (χ0) is 30.2. The van der Waals surface area contributed by atoms with E-state index in [1.165, 1.54) is 22.5 Å². The second-order valence-electron chi connectivity index (χ2n) is 10.7. The molecule has 2 aliphatic rings. The Bertz CT molecular complexity index is 2100. The lowest BCUT2D eigenvalue weighted by Crippen LogP contribution is -2.38. The first kappa shape index (κ1) is 28.8. The third-order valence-corrected chi connectivity index (χ3v) is 9.85. The van der Waals surface area contributed by atoms with E-state index in [1.807, 2.05) is 72.2 Å². The molecule has 0 radical (unpaired) electrons. The summed E-state index contributed by atoms with van der Waals surface area (Å²) in [7, 11) is 0. The van der Waals surface area contributed by atoms with Crippen molar-refractivity contribution in [3.63, 3.8) is 0 Å². The van der Waals surface area contributed by atoms with Crippen molar-refractivity contribution in [1.29, 1.82) is 0 Å². The summed E-state index contributed by atoms with van der Waals surface area (Å²) < 4.78 is 15.5. The Hall–Kier alpha value is -3.91. The summed E-state index contributed by atoms with van der Waals surface area (Å²) in [5, 5.41) is 0.657. The van der Waals surface area contributed by atoms with Gasteiger partial charge in [0.2, 0.25) is 0 Å². The number of rotatable bonds is 7. The number of halogens is 2. The second kappa shape index (κ2) is 12.2. The van der Waals surface area contributed by atoms with Crippen molar-refractivity contribution in [3.05, 3.63) is 154 Å². The van der Waals surface area contributed by atoms with E-state index in [0.717, 1.165) is 45.3 Å². The van der Waals surface area contributed by atoms with Gasteiger partial charge in [0.1, 0.15) is 6.61 Å². The van der Waals surface area contributed by atoms with Crippen LogP contribution in [-0.4, -0.2) is 11.2 Å². The molecule has 5 aromatic rings. The van der Waals surface area contributed by atoms with Gasteiger partial charge in [-0.25, -0.2) is 4.99 Å². The Labute approximate surface area is 272 Å². The Balaban J connectivity index is 1.31. The van der Waals surface area contributed by atoms with Gasteiger partial charge in [0, 0.05) is 20.6 Å². The molecule has 44 heavy (non-hydrogen) atoms. The number of aromatic nitrogens is 1. The summed E-state index contributed by atoms with van der Waals surface area (Å²) in [6.07, 6.45) is 3.69. The van der Waals surface area contributed by atoms with Crippen molar-refractivity contribution in [2.45, 2.75) is 32.4 Å². The maximum absolute atomic E-state index is 14.1. The Morgan fingerprint density at radius 2 is 1.77 bits per heavy atom. The maximum atomic E-state index is 14.1. The number of ether oxygens (including phenoxy) is 2. The van der Waals surface area contributed by atoms with Crippen LogP contribution in [0.2, 0.25) is 5.02 Å². The van der Waals surface area contributed by atoms with E-state index in [-0.39, 0.29) is 11.6 Å². The van der Waals surface area contributed by atoms with E-state index in [4.69, 9.17) is 26.1 Å². The molecule has 4 aromatic carbocycles. The summed E-state index contributed by atoms with van der Waals surface area (Å²) >= 11 is 11.3. The molecule has 0 saturated carbocycles. The average Bonchev–Trinajstić information content (AvgIpc) is 3.35. The van der Waals surface area contributed by atoms with E-state index >= 15 is 0 Å². The molecule has 0 amide bonds. The molecule has 220 valence electrons. The van der Waals surface area contributed by atoms with Crippen molar-refractivity contribution in [2.75, 3.05) is 6.61 Å². The van der Waals surface area contributed by atoms with Gasteiger partial charge < -0.3 is 9.47 Å². The van der Waals surface area contributed by atoms with Crippen molar-refractivity contribution in [1.82, 2.24) is 4.57 Å². The van der Waals surface area contributed by atoms with Gasteiger partial charge in [-0.1, -0.05) is 99.5 Å². The third-order valence-electron chi connectivity index (χ3n) is 7.97. The molecule has 8 heteroatoms. The van der Waals surface area contributed by atoms with Crippen LogP contribution in [0.25, 0.3) is 11.8 Å². The van der Waals surface area contributed by atoms with E-state index in [1.54, 1.807) is 0 Å². The highest BCUT2D eigenvalue weighted by Gasteiger charge is 2.32. The van der Waals surface area contributed by atoms with Gasteiger partial charge >= 0.3 is 0 Å². The molecule has 1 aliphatic heterocycles. The SMILES string of the molecule is CCOc1cc(/C=c2/sc3n(c2=O)[C@@H](c2ccc(Br)cc2)C2=C(N=3)c3ccccc3CC2)ccc1OCc1ccccc1Cl. The van der Waals surface area contributed by atoms with Crippen LogP contribution in [0.4, 0.5) is 0 Å². The fraction of sp³-hybridized carbons (Fsp3) is 0.167. The summed E-state index contributed by atoms with van der Waals surface area (Å²) in [6.45, 7) is 2.74. The summed E-state index contributed by atoms with van der Waals surface area (Å²) in [6, 6.07) is 29.9. The van der Waals surface area contributed by atoms with Crippen molar-refractivity contribution in [3.8, 4) is 11.5 Å². The third kappa shape index (κ3) is 5.45. The lowest BCUT2D eigenvalue weighted by atomic mass is 9.83. The Kier molecular flexibility index (Phi) is 8.02. The molecule has 0 N–H and O–H groups in total. The number of aryl methyl sites for hydroxylation is 1.